The van der Waals surface area contributed by atoms with Crippen LogP contribution in [0.2, 0.25) is 0 Å². The molecule has 108 valence electrons. The molecule has 3 aliphatic rings. The van der Waals surface area contributed by atoms with Crippen LogP contribution >= 0.6 is 0 Å². The SMILES string of the molecule is O=C1NC(=O)C2(CCCN3CCCCC3)C=CC=CC12. The second kappa shape index (κ2) is 5.52. The first-order chi connectivity index (χ1) is 9.72. The number of piperidine rings is 1. The van der Waals surface area contributed by atoms with E-state index in [-0.39, 0.29) is 17.7 Å². The maximum Gasteiger partial charge on any atom is 0.237 e. The van der Waals surface area contributed by atoms with Gasteiger partial charge in [0, 0.05) is 0 Å². The van der Waals surface area contributed by atoms with Gasteiger partial charge < -0.3 is 4.90 Å². The zero-order valence-electron chi connectivity index (χ0n) is 11.8. The number of nitrogens with zero attached hydrogens (tertiary/aromatic N) is 1. The number of amides is 2. The summed E-state index contributed by atoms with van der Waals surface area (Å²) in [5.74, 6) is -0.568. The molecule has 2 saturated heterocycles. The van der Waals surface area contributed by atoms with Gasteiger partial charge in [-0.2, -0.15) is 0 Å². The monoisotopic (exact) mass is 274 g/mol. The fraction of sp³-hybridized carbons (Fsp3) is 0.625. The van der Waals surface area contributed by atoms with Crippen LogP contribution in [0.5, 0.6) is 0 Å². The number of fused-ring (bicyclic) bond motifs is 1. The van der Waals surface area contributed by atoms with Crippen molar-refractivity contribution >= 4 is 11.8 Å². The Morgan fingerprint density at radius 2 is 2.00 bits per heavy atom. The minimum atomic E-state index is -0.623. The number of likely N-dealkylation sites (tertiary alicyclic amines) is 1. The lowest BCUT2D eigenvalue weighted by atomic mass is 9.71. The van der Waals surface area contributed by atoms with Crippen LogP contribution in [-0.4, -0.2) is 36.3 Å². The molecule has 1 N–H and O–H groups in total. The molecule has 4 heteroatoms. The van der Waals surface area contributed by atoms with Gasteiger partial charge in [-0.15, -0.1) is 0 Å². The highest BCUT2D eigenvalue weighted by Crippen LogP contribution is 2.42. The third kappa shape index (κ3) is 2.33. The summed E-state index contributed by atoms with van der Waals surface area (Å²) in [5, 5.41) is 2.49. The van der Waals surface area contributed by atoms with Crippen molar-refractivity contribution in [3.63, 3.8) is 0 Å². The summed E-state index contributed by atoms with van der Waals surface area (Å²) in [6, 6.07) is 0. The van der Waals surface area contributed by atoms with E-state index in [1.54, 1.807) is 0 Å². The van der Waals surface area contributed by atoms with Crippen molar-refractivity contribution < 1.29 is 9.59 Å². The predicted octanol–water partition coefficient (Wildman–Crippen LogP) is 1.64. The quantitative estimate of drug-likeness (QED) is 0.793. The number of carbonyl (C=O) groups excluding carboxylic acids is 2. The number of rotatable bonds is 4. The first-order valence-electron chi connectivity index (χ1n) is 7.66. The zero-order valence-corrected chi connectivity index (χ0v) is 11.8. The minimum Gasteiger partial charge on any atom is -0.303 e. The average Bonchev–Trinajstić information content (AvgIpc) is 2.72. The molecule has 4 nitrogen and oxygen atoms in total. The molecule has 2 atom stereocenters. The fourth-order valence-electron chi connectivity index (χ4n) is 3.65. The largest absolute Gasteiger partial charge is 0.303 e. The number of nitrogens with one attached hydrogen (secondary N) is 1. The van der Waals surface area contributed by atoms with E-state index in [4.69, 9.17) is 0 Å². The zero-order chi connectivity index (χ0) is 14.0. The molecule has 0 bridgehead atoms. The summed E-state index contributed by atoms with van der Waals surface area (Å²) in [7, 11) is 0. The van der Waals surface area contributed by atoms with Gasteiger partial charge in [0.25, 0.3) is 0 Å². The van der Waals surface area contributed by atoms with Crippen molar-refractivity contribution in [3.05, 3.63) is 24.3 Å². The molecule has 2 fully saturated rings. The smallest absolute Gasteiger partial charge is 0.237 e. The molecule has 2 unspecified atom stereocenters. The highest BCUT2D eigenvalue weighted by molar-refractivity contribution is 6.09. The van der Waals surface area contributed by atoms with Gasteiger partial charge in [0.2, 0.25) is 11.8 Å². The first kappa shape index (κ1) is 13.6. The Hall–Kier alpha value is -1.42. The summed E-state index contributed by atoms with van der Waals surface area (Å²) in [6.07, 6.45) is 13.2. The Kier molecular flexibility index (Phi) is 3.74. The van der Waals surface area contributed by atoms with Gasteiger partial charge in [-0.1, -0.05) is 30.7 Å². The van der Waals surface area contributed by atoms with Gasteiger partial charge in [0.1, 0.15) is 0 Å². The van der Waals surface area contributed by atoms with Crippen LogP contribution in [-0.2, 0) is 9.59 Å². The van der Waals surface area contributed by atoms with Gasteiger partial charge in [-0.25, -0.2) is 0 Å². The second-order valence-electron chi connectivity index (χ2n) is 6.09. The van der Waals surface area contributed by atoms with E-state index >= 15 is 0 Å². The normalized spacial score (nSPS) is 33.3. The predicted molar refractivity (Wildman–Crippen MR) is 76.9 cm³/mol. The van der Waals surface area contributed by atoms with Crippen molar-refractivity contribution in [1.29, 1.82) is 0 Å². The third-order valence-electron chi connectivity index (χ3n) is 4.82. The number of allylic oxidation sites excluding steroid dienone is 2. The third-order valence-corrected chi connectivity index (χ3v) is 4.82. The molecule has 3 rings (SSSR count). The second-order valence-corrected chi connectivity index (χ2v) is 6.09. The number of carbonyl (C=O) groups is 2. The lowest BCUT2D eigenvalue weighted by Gasteiger charge is -2.31. The van der Waals surface area contributed by atoms with Crippen LogP contribution in [0.1, 0.15) is 32.1 Å². The summed E-state index contributed by atoms with van der Waals surface area (Å²) in [5.41, 5.74) is -0.623. The molecule has 0 spiro atoms. The van der Waals surface area contributed by atoms with Gasteiger partial charge in [-0.3, -0.25) is 14.9 Å². The van der Waals surface area contributed by atoms with E-state index in [2.05, 4.69) is 10.2 Å². The maximum absolute atomic E-state index is 12.2. The van der Waals surface area contributed by atoms with E-state index in [9.17, 15) is 9.59 Å². The Morgan fingerprint density at radius 3 is 2.80 bits per heavy atom. The van der Waals surface area contributed by atoms with Gasteiger partial charge in [0.15, 0.2) is 0 Å². The van der Waals surface area contributed by atoms with E-state index < -0.39 is 5.41 Å². The maximum atomic E-state index is 12.2. The summed E-state index contributed by atoms with van der Waals surface area (Å²) in [6.45, 7) is 3.39. The Labute approximate surface area is 119 Å². The molecule has 2 aliphatic heterocycles. The van der Waals surface area contributed by atoms with Gasteiger partial charge in [0.05, 0.1) is 11.3 Å². The van der Waals surface area contributed by atoms with Crippen molar-refractivity contribution in [3.8, 4) is 0 Å². The fourth-order valence-corrected chi connectivity index (χ4v) is 3.65. The highest BCUT2D eigenvalue weighted by Gasteiger charge is 2.52. The van der Waals surface area contributed by atoms with Crippen LogP contribution in [0.3, 0.4) is 0 Å². The molecule has 0 aromatic heterocycles. The Bertz CT molecular complexity index is 463. The molecule has 0 aromatic carbocycles. The molecule has 20 heavy (non-hydrogen) atoms. The van der Waals surface area contributed by atoms with Crippen LogP contribution < -0.4 is 5.32 Å². The Balaban J connectivity index is 1.62. The molecule has 2 heterocycles. The van der Waals surface area contributed by atoms with E-state index in [1.807, 2.05) is 24.3 Å². The van der Waals surface area contributed by atoms with Gasteiger partial charge >= 0.3 is 0 Å². The van der Waals surface area contributed by atoms with E-state index in [0.29, 0.717) is 0 Å². The van der Waals surface area contributed by atoms with Crippen LogP contribution in [0.25, 0.3) is 0 Å². The molecule has 0 saturated carbocycles. The van der Waals surface area contributed by atoms with Crippen LogP contribution in [0.4, 0.5) is 0 Å². The molecule has 0 radical (unpaired) electrons. The van der Waals surface area contributed by atoms with Crippen molar-refractivity contribution in [2.45, 2.75) is 32.1 Å². The average molecular weight is 274 g/mol. The number of hydrogen-bond acceptors (Lipinski definition) is 3. The van der Waals surface area contributed by atoms with Gasteiger partial charge in [-0.05, 0) is 45.3 Å². The lowest BCUT2D eigenvalue weighted by Crippen LogP contribution is -2.36. The number of hydrogen-bond donors (Lipinski definition) is 1. The summed E-state index contributed by atoms with van der Waals surface area (Å²) < 4.78 is 0. The molecule has 1 aliphatic carbocycles. The molecular formula is C16H22N2O2. The standard InChI is InChI=1S/C16H22N2O2/c19-14-13-7-2-3-8-16(13,15(20)17-14)9-6-12-18-10-4-1-5-11-18/h2-3,7-8,13H,1,4-6,9-12H2,(H,17,19,20). The van der Waals surface area contributed by atoms with E-state index in [0.717, 1.165) is 19.4 Å². The number of imide groups is 1. The van der Waals surface area contributed by atoms with Crippen LogP contribution in [0, 0.1) is 11.3 Å². The lowest BCUT2D eigenvalue weighted by molar-refractivity contribution is -0.127. The molecular weight excluding hydrogens is 252 g/mol. The van der Waals surface area contributed by atoms with Crippen molar-refractivity contribution in [1.82, 2.24) is 10.2 Å². The van der Waals surface area contributed by atoms with Crippen LogP contribution in [0.15, 0.2) is 24.3 Å². The van der Waals surface area contributed by atoms with Crippen molar-refractivity contribution in [2.24, 2.45) is 11.3 Å². The molecule has 2 amide bonds. The molecule has 0 aromatic rings. The van der Waals surface area contributed by atoms with E-state index in [1.165, 1.54) is 32.4 Å². The van der Waals surface area contributed by atoms with Crippen molar-refractivity contribution in [2.75, 3.05) is 19.6 Å². The Morgan fingerprint density at radius 1 is 1.20 bits per heavy atom. The minimum absolute atomic E-state index is 0.119. The summed E-state index contributed by atoms with van der Waals surface area (Å²) >= 11 is 0. The summed E-state index contributed by atoms with van der Waals surface area (Å²) in [4.78, 5) is 26.5. The first-order valence-corrected chi connectivity index (χ1v) is 7.66. The highest BCUT2D eigenvalue weighted by atomic mass is 16.2. The topological polar surface area (TPSA) is 49.4 Å².